The number of halogens is 5. The summed E-state index contributed by atoms with van der Waals surface area (Å²) in [6.45, 7) is 3.47. The maximum Gasteiger partial charge on any atom is 0.490 e. The van der Waals surface area contributed by atoms with E-state index in [0.29, 0.717) is 21.5 Å². The number of carboxylic acids is 1. The van der Waals surface area contributed by atoms with Gasteiger partial charge in [0, 0.05) is 24.2 Å². The molecular formula is C18H23Cl2F3N2O3. The summed E-state index contributed by atoms with van der Waals surface area (Å²) < 4.78 is 31.7. The fraction of sp³-hybridized carbons (Fsp3) is 0.611. The number of nitrogens with zero attached hydrogens (tertiary/aromatic N) is 1. The highest BCUT2D eigenvalue weighted by molar-refractivity contribution is 6.42. The molecular weight excluding hydrogens is 420 g/mol. The van der Waals surface area contributed by atoms with E-state index in [0.717, 1.165) is 31.8 Å². The summed E-state index contributed by atoms with van der Waals surface area (Å²) in [5, 5.41) is 18.0. The van der Waals surface area contributed by atoms with Crippen LogP contribution in [0.15, 0.2) is 12.1 Å². The van der Waals surface area contributed by atoms with Crippen LogP contribution in [0.2, 0.25) is 10.0 Å². The number of hydrogen-bond acceptors (Lipinski definition) is 4. The van der Waals surface area contributed by atoms with Crippen LogP contribution in [0.4, 0.5) is 13.2 Å². The first-order chi connectivity index (χ1) is 13.0. The summed E-state index contributed by atoms with van der Waals surface area (Å²) in [5.74, 6) is -1.28. The predicted octanol–water partition coefficient (Wildman–Crippen LogP) is 4.45. The van der Waals surface area contributed by atoms with Crippen LogP contribution in [-0.2, 0) is 4.79 Å². The standard InChI is InChI=1S/C16H22Cl2N2O.C2HF3O2/c17-13-7-12(15(21)8-14(13)18)16(19)11-3-5-20(6-4-11)9-10-1-2-10;3-2(4,5)1(6)7/h7-8,10-11,16,21H,1-6,9,19H2;(H,6,7). The van der Waals surface area contributed by atoms with Crippen LogP contribution in [0, 0.1) is 11.8 Å². The molecule has 1 heterocycles. The molecule has 1 aliphatic carbocycles. The summed E-state index contributed by atoms with van der Waals surface area (Å²) in [4.78, 5) is 11.4. The van der Waals surface area contributed by atoms with Gasteiger partial charge in [0.2, 0.25) is 0 Å². The van der Waals surface area contributed by atoms with Crippen molar-refractivity contribution in [2.75, 3.05) is 19.6 Å². The van der Waals surface area contributed by atoms with Gasteiger partial charge in [-0.2, -0.15) is 13.2 Å². The third-order valence-corrected chi connectivity index (χ3v) is 5.75. The van der Waals surface area contributed by atoms with Gasteiger partial charge in [0.15, 0.2) is 0 Å². The number of hydrogen-bond donors (Lipinski definition) is 3. The highest BCUT2D eigenvalue weighted by atomic mass is 35.5. The van der Waals surface area contributed by atoms with Gasteiger partial charge in [0.25, 0.3) is 0 Å². The first-order valence-corrected chi connectivity index (χ1v) is 9.70. The minimum absolute atomic E-state index is 0.150. The normalized spacial score (nSPS) is 19.6. The highest BCUT2D eigenvalue weighted by Crippen LogP contribution is 2.38. The minimum atomic E-state index is -5.08. The Morgan fingerprint density at radius 3 is 2.14 bits per heavy atom. The molecule has 28 heavy (non-hydrogen) atoms. The average Bonchev–Trinajstić information content (AvgIpc) is 3.42. The third kappa shape index (κ3) is 6.69. The molecule has 1 aromatic carbocycles. The maximum absolute atomic E-state index is 10.6. The lowest BCUT2D eigenvalue weighted by Crippen LogP contribution is -2.38. The van der Waals surface area contributed by atoms with Crippen LogP contribution in [-0.4, -0.2) is 46.9 Å². The molecule has 0 radical (unpaired) electrons. The van der Waals surface area contributed by atoms with E-state index in [2.05, 4.69) is 4.90 Å². The summed E-state index contributed by atoms with van der Waals surface area (Å²) in [5.41, 5.74) is 7.08. The molecule has 1 saturated carbocycles. The van der Waals surface area contributed by atoms with Crippen LogP contribution in [0.25, 0.3) is 0 Å². The zero-order chi connectivity index (χ0) is 21.1. The number of aromatic hydroxyl groups is 1. The molecule has 10 heteroatoms. The Morgan fingerprint density at radius 1 is 1.18 bits per heavy atom. The van der Waals surface area contributed by atoms with E-state index in [-0.39, 0.29) is 11.8 Å². The van der Waals surface area contributed by atoms with Crippen LogP contribution in [0.1, 0.15) is 37.3 Å². The number of carboxylic acid groups (broad SMARTS) is 1. The Hall–Kier alpha value is -1.22. The number of likely N-dealkylation sites (tertiary alicyclic amines) is 1. The van der Waals surface area contributed by atoms with Gasteiger partial charge < -0.3 is 20.8 Å². The Labute approximate surface area is 171 Å². The van der Waals surface area contributed by atoms with Crippen LogP contribution >= 0.6 is 23.2 Å². The van der Waals surface area contributed by atoms with Crippen molar-refractivity contribution in [1.29, 1.82) is 0 Å². The van der Waals surface area contributed by atoms with Crippen LogP contribution in [0.5, 0.6) is 5.75 Å². The van der Waals surface area contributed by atoms with Crippen molar-refractivity contribution in [3.63, 3.8) is 0 Å². The molecule has 1 aromatic rings. The smallest absolute Gasteiger partial charge is 0.490 e. The molecule has 1 saturated heterocycles. The number of piperidine rings is 1. The number of benzene rings is 1. The number of alkyl halides is 3. The number of phenols is 1. The van der Waals surface area contributed by atoms with Gasteiger partial charge in [-0.1, -0.05) is 23.2 Å². The Morgan fingerprint density at radius 2 is 1.68 bits per heavy atom. The van der Waals surface area contributed by atoms with E-state index in [1.165, 1.54) is 25.5 Å². The van der Waals surface area contributed by atoms with Crippen molar-refractivity contribution in [3.8, 4) is 5.75 Å². The minimum Gasteiger partial charge on any atom is -0.508 e. The van der Waals surface area contributed by atoms with Gasteiger partial charge in [-0.25, -0.2) is 4.79 Å². The summed E-state index contributed by atoms with van der Waals surface area (Å²) >= 11 is 12.0. The summed E-state index contributed by atoms with van der Waals surface area (Å²) in [6, 6.07) is 3.02. The second kappa shape index (κ2) is 9.52. The molecule has 2 aliphatic rings. The molecule has 1 atom stereocenters. The molecule has 4 N–H and O–H groups in total. The predicted molar refractivity (Wildman–Crippen MR) is 101 cm³/mol. The quantitative estimate of drug-likeness (QED) is 0.640. The third-order valence-electron chi connectivity index (χ3n) is 5.02. The van der Waals surface area contributed by atoms with E-state index in [1.807, 2.05) is 0 Å². The lowest BCUT2D eigenvalue weighted by molar-refractivity contribution is -0.192. The number of nitrogens with two attached hydrogens (primary N) is 1. The van der Waals surface area contributed by atoms with Gasteiger partial charge in [0.1, 0.15) is 5.75 Å². The second-order valence-electron chi connectivity index (χ2n) is 7.24. The first kappa shape index (κ1) is 23.1. The molecule has 0 spiro atoms. The van der Waals surface area contributed by atoms with E-state index in [9.17, 15) is 18.3 Å². The van der Waals surface area contributed by atoms with Gasteiger partial charge in [-0.3, -0.25) is 0 Å². The molecule has 1 unspecified atom stereocenters. The van der Waals surface area contributed by atoms with Crippen molar-refractivity contribution in [1.82, 2.24) is 4.90 Å². The Kier molecular flexibility index (Phi) is 7.84. The first-order valence-electron chi connectivity index (χ1n) is 8.95. The van der Waals surface area contributed by atoms with E-state index >= 15 is 0 Å². The topological polar surface area (TPSA) is 86.8 Å². The zero-order valence-corrected chi connectivity index (χ0v) is 16.6. The van der Waals surface area contributed by atoms with E-state index in [4.69, 9.17) is 38.8 Å². The molecule has 0 bridgehead atoms. The van der Waals surface area contributed by atoms with Crippen LogP contribution in [0.3, 0.4) is 0 Å². The van der Waals surface area contributed by atoms with Gasteiger partial charge >= 0.3 is 12.1 Å². The average molecular weight is 443 g/mol. The monoisotopic (exact) mass is 442 g/mol. The second-order valence-corrected chi connectivity index (χ2v) is 8.05. The zero-order valence-electron chi connectivity index (χ0n) is 15.1. The SMILES string of the molecule is NC(c1cc(Cl)c(Cl)cc1O)C1CCN(CC2CC2)CC1.O=C(O)C(F)(F)F. The van der Waals surface area contributed by atoms with Crippen molar-refractivity contribution < 1.29 is 28.2 Å². The Balaban J connectivity index is 0.000000345. The summed E-state index contributed by atoms with van der Waals surface area (Å²) in [7, 11) is 0. The largest absolute Gasteiger partial charge is 0.508 e. The fourth-order valence-electron chi connectivity index (χ4n) is 3.23. The number of aliphatic carboxylic acids is 1. The van der Waals surface area contributed by atoms with Crippen molar-refractivity contribution >= 4 is 29.2 Å². The molecule has 158 valence electrons. The van der Waals surface area contributed by atoms with Crippen molar-refractivity contribution in [2.45, 2.75) is 37.9 Å². The van der Waals surface area contributed by atoms with Crippen molar-refractivity contribution in [3.05, 3.63) is 27.7 Å². The molecule has 3 rings (SSSR count). The highest BCUT2D eigenvalue weighted by Gasteiger charge is 2.38. The molecule has 0 amide bonds. The maximum atomic E-state index is 10.6. The fourth-order valence-corrected chi connectivity index (χ4v) is 3.56. The number of rotatable bonds is 4. The molecule has 0 aromatic heterocycles. The number of phenolic OH excluding ortho intramolecular Hbond substituents is 1. The molecule has 1 aliphatic heterocycles. The van der Waals surface area contributed by atoms with Crippen LogP contribution < -0.4 is 5.73 Å². The van der Waals surface area contributed by atoms with Gasteiger partial charge in [-0.15, -0.1) is 0 Å². The van der Waals surface area contributed by atoms with Gasteiger partial charge in [-0.05, 0) is 56.7 Å². The molecule has 5 nitrogen and oxygen atoms in total. The summed E-state index contributed by atoms with van der Waals surface area (Å²) in [6.07, 6.45) is -0.131. The van der Waals surface area contributed by atoms with Crippen molar-refractivity contribution in [2.24, 2.45) is 17.6 Å². The van der Waals surface area contributed by atoms with E-state index in [1.54, 1.807) is 6.07 Å². The van der Waals surface area contributed by atoms with Gasteiger partial charge in [0.05, 0.1) is 10.0 Å². The lowest BCUT2D eigenvalue weighted by Gasteiger charge is -2.35. The Bertz CT molecular complexity index is 691. The molecule has 2 fully saturated rings. The lowest BCUT2D eigenvalue weighted by atomic mass is 9.85. The van der Waals surface area contributed by atoms with E-state index < -0.39 is 12.1 Å². The number of carbonyl (C=O) groups is 1.